The minimum atomic E-state index is -1.06. The first kappa shape index (κ1) is 14.7. The maximum atomic E-state index is 12.1. The van der Waals surface area contributed by atoms with Crippen molar-refractivity contribution in [3.63, 3.8) is 0 Å². The Labute approximate surface area is 106 Å². The van der Waals surface area contributed by atoms with Crippen LogP contribution in [0, 0.1) is 0 Å². The van der Waals surface area contributed by atoms with Gasteiger partial charge in [-0.2, -0.15) is 0 Å². The molecular formula is C11H20N2O5. The van der Waals surface area contributed by atoms with E-state index in [4.69, 9.17) is 9.84 Å². The number of hydrogen-bond donors (Lipinski definition) is 2. The highest BCUT2D eigenvalue weighted by Crippen LogP contribution is 2.12. The van der Waals surface area contributed by atoms with Crippen molar-refractivity contribution in [2.75, 3.05) is 39.9 Å². The number of aliphatic hydroxyl groups excluding tert-OH is 1. The van der Waals surface area contributed by atoms with Crippen LogP contribution in [0.3, 0.4) is 0 Å². The first-order chi connectivity index (χ1) is 8.54. The van der Waals surface area contributed by atoms with E-state index in [1.165, 1.54) is 16.9 Å². The van der Waals surface area contributed by atoms with E-state index in [2.05, 4.69) is 0 Å². The monoisotopic (exact) mass is 260 g/mol. The standard InChI is InChI=1S/C11H20N2O5/c1-18-6-5-13(8-10(15)16)11(17)12-4-2-3-9(14)7-12/h9,14H,2-8H2,1H3,(H,15,16). The summed E-state index contributed by atoms with van der Waals surface area (Å²) in [5.74, 6) is -1.06. The van der Waals surface area contributed by atoms with Crippen molar-refractivity contribution in [2.45, 2.75) is 18.9 Å². The van der Waals surface area contributed by atoms with E-state index in [0.717, 1.165) is 6.42 Å². The Hall–Kier alpha value is -1.34. The van der Waals surface area contributed by atoms with Crippen molar-refractivity contribution in [1.29, 1.82) is 0 Å². The Bertz CT molecular complexity index is 297. The van der Waals surface area contributed by atoms with Gasteiger partial charge in [0.25, 0.3) is 0 Å². The molecule has 1 atom stereocenters. The number of hydrogen-bond acceptors (Lipinski definition) is 4. The second-order valence-corrected chi connectivity index (χ2v) is 4.33. The molecule has 2 amide bonds. The summed E-state index contributed by atoms with van der Waals surface area (Å²) in [6.45, 7) is 0.985. The van der Waals surface area contributed by atoms with Crippen LogP contribution in [0.1, 0.15) is 12.8 Å². The molecule has 0 aromatic heterocycles. The zero-order valence-corrected chi connectivity index (χ0v) is 10.5. The Morgan fingerprint density at radius 3 is 2.78 bits per heavy atom. The Morgan fingerprint density at radius 1 is 1.50 bits per heavy atom. The summed E-state index contributed by atoms with van der Waals surface area (Å²) in [6.07, 6.45) is 0.899. The molecule has 0 bridgehead atoms. The van der Waals surface area contributed by atoms with Crippen LogP contribution in [0.2, 0.25) is 0 Å². The molecule has 1 rings (SSSR count). The first-order valence-corrected chi connectivity index (χ1v) is 5.97. The quantitative estimate of drug-likeness (QED) is 0.701. The zero-order chi connectivity index (χ0) is 13.5. The van der Waals surface area contributed by atoms with Gasteiger partial charge in [0.15, 0.2) is 0 Å². The molecule has 0 aromatic rings. The number of carbonyl (C=O) groups is 2. The normalized spacial score (nSPS) is 19.7. The molecule has 0 radical (unpaired) electrons. The smallest absolute Gasteiger partial charge is 0.323 e. The van der Waals surface area contributed by atoms with Crippen molar-refractivity contribution < 1.29 is 24.5 Å². The molecule has 1 fully saturated rings. The molecule has 0 aliphatic carbocycles. The number of likely N-dealkylation sites (tertiary alicyclic amines) is 1. The number of amides is 2. The lowest BCUT2D eigenvalue weighted by Gasteiger charge is -2.34. The molecule has 1 unspecified atom stereocenters. The summed E-state index contributed by atoms with van der Waals surface area (Å²) >= 11 is 0. The largest absolute Gasteiger partial charge is 0.480 e. The fourth-order valence-corrected chi connectivity index (χ4v) is 1.94. The molecule has 2 N–H and O–H groups in total. The molecule has 104 valence electrons. The summed E-state index contributed by atoms with van der Waals surface area (Å²) in [7, 11) is 1.49. The number of aliphatic carboxylic acids is 1. The second kappa shape index (κ2) is 7.17. The van der Waals surface area contributed by atoms with Crippen molar-refractivity contribution in [1.82, 2.24) is 9.80 Å². The highest BCUT2D eigenvalue weighted by molar-refractivity contribution is 5.80. The van der Waals surface area contributed by atoms with Gasteiger partial charge in [-0.1, -0.05) is 0 Å². The van der Waals surface area contributed by atoms with Crippen LogP contribution in [0.15, 0.2) is 0 Å². The lowest BCUT2D eigenvalue weighted by Crippen LogP contribution is -2.50. The number of aliphatic hydroxyl groups is 1. The summed E-state index contributed by atoms with van der Waals surface area (Å²) in [6, 6.07) is -0.354. The second-order valence-electron chi connectivity index (χ2n) is 4.33. The van der Waals surface area contributed by atoms with Crippen LogP contribution >= 0.6 is 0 Å². The van der Waals surface area contributed by atoms with Gasteiger partial charge in [0.2, 0.25) is 0 Å². The van der Waals surface area contributed by atoms with Gasteiger partial charge < -0.3 is 24.7 Å². The van der Waals surface area contributed by atoms with Crippen molar-refractivity contribution in [3.8, 4) is 0 Å². The predicted octanol–water partition coefficient (Wildman–Crippen LogP) is -0.404. The molecule has 18 heavy (non-hydrogen) atoms. The molecule has 0 spiro atoms. The summed E-state index contributed by atoms with van der Waals surface area (Å²) < 4.78 is 4.86. The van der Waals surface area contributed by atoms with Crippen LogP contribution in [-0.2, 0) is 9.53 Å². The van der Waals surface area contributed by atoms with E-state index in [1.54, 1.807) is 0 Å². The lowest BCUT2D eigenvalue weighted by molar-refractivity contribution is -0.137. The third kappa shape index (κ3) is 4.50. The van der Waals surface area contributed by atoms with Gasteiger partial charge >= 0.3 is 12.0 Å². The van der Waals surface area contributed by atoms with Crippen molar-refractivity contribution >= 4 is 12.0 Å². The minimum Gasteiger partial charge on any atom is -0.480 e. The van der Waals surface area contributed by atoms with Crippen LogP contribution in [0.25, 0.3) is 0 Å². The van der Waals surface area contributed by atoms with Gasteiger partial charge in [0.1, 0.15) is 6.54 Å². The Morgan fingerprint density at radius 2 is 2.22 bits per heavy atom. The van der Waals surface area contributed by atoms with E-state index in [0.29, 0.717) is 13.0 Å². The highest BCUT2D eigenvalue weighted by Gasteiger charge is 2.26. The maximum absolute atomic E-state index is 12.1. The fourth-order valence-electron chi connectivity index (χ4n) is 1.94. The third-order valence-corrected chi connectivity index (χ3v) is 2.83. The lowest BCUT2D eigenvalue weighted by atomic mass is 10.1. The molecule has 1 heterocycles. The van der Waals surface area contributed by atoms with Gasteiger partial charge in [0, 0.05) is 26.7 Å². The van der Waals surface area contributed by atoms with Crippen LogP contribution in [0.4, 0.5) is 4.79 Å². The molecule has 7 heteroatoms. The predicted molar refractivity (Wildman–Crippen MR) is 63.3 cm³/mol. The van der Waals surface area contributed by atoms with E-state index < -0.39 is 12.1 Å². The van der Waals surface area contributed by atoms with Crippen LogP contribution in [0.5, 0.6) is 0 Å². The summed E-state index contributed by atoms with van der Waals surface area (Å²) in [5.41, 5.74) is 0. The number of ether oxygens (including phenoxy) is 1. The number of β-amino-alcohol motifs (C(OH)–C–C–N with tert-alkyl or cyclic N) is 1. The number of nitrogens with zero attached hydrogens (tertiary/aromatic N) is 2. The zero-order valence-electron chi connectivity index (χ0n) is 10.5. The number of carboxylic acids is 1. The molecule has 7 nitrogen and oxygen atoms in total. The number of urea groups is 1. The summed E-state index contributed by atoms with van der Waals surface area (Å²) in [5, 5.41) is 18.3. The minimum absolute atomic E-state index is 0.230. The Balaban J connectivity index is 2.58. The average Bonchev–Trinajstić information content (AvgIpc) is 2.33. The van der Waals surface area contributed by atoms with Gasteiger partial charge in [0.05, 0.1) is 12.7 Å². The van der Waals surface area contributed by atoms with Gasteiger partial charge in [-0.25, -0.2) is 4.79 Å². The van der Waals surface area contributed by atoms with E-state index in [-0.39, 0.29) is 32.3 Å². The first-order valence-electron chi connectivity index (χ1n) is 5.97. The molecule has 0 saturated carbocycles. The van der Waals surface area contributed by atoms with Crippen molar-refractivity contribution in [2.24, 2.45) is 0 Å². The fraction of sp³-hybridized carbons (Fsp3) is 0.818. The topological polar surface area (TPSA) is 90.3 Å². The molecule has 1 aliphatic rings. The molecular weight excluding hydrogens is 240 g/mol. The van der Waals surface area contributed by atoms with E-state index in [1.807, 2.05) is 0 Å². The van der Waals surface area contributed by atoms with E-state index in [9.17, 15) is 14.7 Å². The number of rotatable bonds is 5. The van der Waals surface area contributed by atoms with Gasteiger partial charge in [-0.15, -0.1) is 0 Å². The highest BCUT2D eigenvalue weighted by atomic mass is 16.5. The Kier molecular flexibility index (Phi) is 5.87. The molecule has 1 saturated heterocycles. The summed E-state index contributed by atoms with van der Waals surface area (Å²) in [4.78, 5) is 25.5. The van der Waals surface area contributed by atoms with Gasteiger partial charge in [-0.05, 0) is 12.8 Å². The van der Waals surface area contributed by atoms with E-state index >= 15 is 0 Å². The third-order valence-electron chi connectivity index (χ3n) is 2.83. The number of carboxylic acid groups (broad SMARTS) is 1. The molecule has 0 aromatic carbocycles. The van der Waals surface area contributed by atoms with Crippen LogP contribution in [-0.4, -0.2) is 78.0 Å². The molecule has 1 aliphatic heterocycles. The maximum Gasteiger partial charge on any atom is 0.323 e. The number of methoxy groups -OCH3 is 1. The number of piperidine rings is 1. The average molecular weight is 260 g/mol. The SMILES string of the molecule is COCCN(CC(=O)O)C(=O)N1CCCC(O)C1. The van der Waals surface area contributed by atoms with Crippen LogP contribution < -0.4 is 0 Å². The van der Waals surface area contributed by atoms with Gasteiger partial charge in [-0.3, -0.25) is 4.79 Å². The number of carbonyl (C=O) groups excluding carboxylic acids is 1. The van der Waals surface area contributed by atoms with Crippen molar-refractivity contribution in [3.05, 3.63) is 0 Å².